The largest absolute Gasteiger partial charge is 0.352 e. The van der Waals surface area contributed by atoms with Gasteiger partial charge < -0.3 is 5.32 Å². The minimum atomic E-state index is -0.379. The lowest BCUT2D eigenvalue weighted by Gasteiger charge is -2.13. The molecule has 1 saturated heterocycles. The molecule has 0 unspecified atom stereocenters. The monoisotopic (exact) mass is 356 g/mol. The number of hydrogen-bond acceptors (Lipinski definition) is 3. The molecule has 112 valence electrons. The SMILES string of the molecule is O=C(CCN1C(=O)CCC1=O)NCc1cc(F)ccc1Br. The van der Waals surface area contributed by atoms with Gasteiger partial charge in [-0.15, -0.1) is 0 Å². The highest BCUT2D eigenvalue weighted by atomic mass is 79.9. The first kappa shape index (κ1) is 15.6. The van der Waals surface area contributed by atoms with Crippen LogP contribution >= 0.6 is 15.9 Å². The quantitative estimate of drug-likeness (QED) is 0.817. The number of benzene rings is 1. The molecule has 3 amide bonds. The van der Waals surface area contributed by atoms with E-state index in [9.17, 15) is 18.8 Å². The van der Waals surface area contributed by atoms with Gasteiger partial charge in [0, 0.05) is 36.8 Å². The molecule has 21 heavy (non-hydrogen) atoms. The fraction of sp³-hybridized carbons (Fsp3) is 0.357. The summed E-state index contributed by atoms with van der Waals surface area (Å²) in [4.78, 5) is 35.6. The number of hydrogen-bond donors (Lipinski definition) is 1. The second-order valence-electron chi connectivity index (χ2n) is 4.70. The number of rotatable bonds is 5. The Labute approximate surface area is 129 Å². The maximum Gasteiger partial charge on any atom is 0.229 e. The zero-order valence-corrected chi connectivity index (χ0v) is 12.8. The van der Waals surface area contributed by atoms with E-state index in [0.717, 1.165) is 4.90 Å². The minimum absolute atomic E-state index is 0.0460. The molecule has 0 spiro atoms. The molecular formula is C14H14BrFN2O3. The predicted octanol–water partition coefficient (Wildman–Crippen LogP) is 1.74. The molecule has 1 aromatic carbocycles. The van der Waals surface area contributed by atoms with Crippen molar-refractivity contribution in [2.75, 3.05) is 6.54 Å². The van der Waals surface area contributed by atoms with Gasteiger partial charge in [0.1, 0.15) is 5.82 Å². The number of likely N-dealkylation sites (tertiary alicyclic amines) is 1. The molecule has 0 radical (unpaired) electrons. The summed E-state index contributed by atoms with van der Waals surface area (Å²) in [5.41, 5.74) is 0.622. The van der Waals surface area contributed by atoms with E-state index in [0.29, 0.717) is 10.0 Å². The van der Waals surface area contributed by atoms with E-state index < -0.39 is 0 Å². The fourth-order valence-corrected chi connectivity index (χ4v) is 2.43. The van der Waals surface area contributed by atoms with Gasteiger partial charge in [-0.1, -0.05) is 15.9 Å². The van der Waals surface area contributed by atoms with Gasteiger partial charge in [-0.2, -0.15) is 0 Å². The number of carbonyl (C=O) groups excluding carboxylic acids is 3. The summed E-state index contributed by atoms with van der Waals surface area (Å²) in [7, 11) is 0. The molecule has 0 atom stereocenters. The maximum atomic E-state index is 13.1. The Hall–Kier alpha value is -1.76. The van der Waals surface area contributed by atoms with Gasteiger partial charge in [-0.3, -0.25) is 19.3 Å². The van der Waals surface area contributed by atoms with Gasteiger partial charge in [0.25, 0.3) is 0 Å². The van der Waals surface area contributed by atoms with Gasteiger partial charge in [0.2, 0.25) is 17.7 Å². The lowest BCUT2D eigenvalue weighted by atomic mass is 10.2. The molecule has 1 aliphatic heterocycles. The second kappa shape index (κ2) is 6.80. The van der Waals surface area contributed by atoms with E-state index in [1.807, 2.05) is 0 Å². The van der Waals surface area contributed by atoms with Crippen LogP contribution in [0.5, 0.6) is 0 Å². The molecule has 7 heteroatoms. The number of carbonyl (C=O) groups is 3. The van der Waals surface area contributed by atoms with Crippen LogP contribution in [-0.2, 0) is 20.9 Å². The minimum Gasteiger partial charge on any atom is -0.352 e. The number of halogens is 2. The molecule has 0 aliphatic carbocycles. The smallest absolute Gasteiger partial charge is 0.229 e. The van der Waals surface area contributed by atoms with Crippen LogP contribution in [0.15, 0.2) is 22.7 Å². The summed E-state index contributed by atoms with van der Waals surface area (Å²) in [6.45, 7) is 0.271. The molecule has 1 N–H and O–H groups in total. The summed E-state index contributed by atoms with van der Waals surface area (Å²) in [6, 6.07) is 4.22. The lowest BCUT2D eigenvalue weighted by Crippen LogP contribution is -2.34. The van der Waals surface area contributed by atoms with Crippen molar-refractivity contribution in [3.05, 3.63) is 34.1 Å². The zero-order chi connectivity index (χ0) is 15.4. The third-order valence-corrected chi connectivity index (χ3v) is 3.97. The van der Waals surface area contributed by atoms with Crippen LogP contribution in [-0.4, -0.2) is 29.2 Å². The highest BCUT2D eigenvalue weighted by Crippen LogP contribution is 2.17. The second-order valence-corrected chi connectivity index (χ2v) is 5.56. The van der Waals surface area contributed by atoms with Crippen molar-refractivity contribution >= 4 is 33.7 Å². The first-order valence-corrected chi connectivity index (χ1v) is 7.30. The van der Waals surface area contributed by atoms with Crippen molar-refractivity contribution in [3.8, 4) is 0 Å². The Bertz CT molecular complexity index is 576. The van der Waals surface area contributed by atoms with Crippen LogP contribution in [0.3, 0.4) is 0 Å². The molecule has 1 aliphatic rings. The summed E-state index contributed by atoms with van der Waals surface area (Å²) in [5.74, 6) is -1.14. The van der Waals surface area contributed by atoms with Gasteiger partial charge in [-0.05, 0) is 23.8 Å². The summed E-state index contributed by atoms with van der Waals surface area (Å²) in [6.07, 6.45) is 0.484. The van der Waals surface area contributed by atoms with E-state index in [1.54, 1.807) is 6.07 Å². The Morgan fingerprint density at radius 3 is 2.62 bits per heavy atom. The van der Waals surface area contributed by atoms with Crippen molar-refractivity contribution in [2.45, 2.75) is 25.8 Å². The van der Waals surface area contributed by atoms with Crippen molar-refractivity contribution < 1.29 is 18.8 Å². The molecule has 0 bridgehead atoms. The molecule has 5 nitrogen and oxygen atoms in total. The van der Waals surface area contributed by atoms with Crippen LogP contribution < -0.4 is 5.32 Å². The van der Waals surface area contributed by atoms with Crippen molar-refractivity contribution in [3.63, 3.8) is 0 Å². The van der Waals surface area contributed by atoms with E-state index >= 15 is 0 Å². The Kier molecular flexibility index (Phi) is 5.06. The summed E-state index contributed by atoms with van der Waals surface area (Å²) >= 11 is 3.27. The van der Waals surface area contributed by atoms with Gasteiger partial charge in [-0.25, -0.2) is 4.39 Å². The fourth-order valence-electron chi connectivity index (χ4n) is 2.05. The average Bonchev–Trinajstić information content (AvgIpc) is 2.77. The molecule has 1 fully saturated rings. The highest BCUT2D eigenvalue weighted by Gasteiger charge is 2.28. The third-order valence-electron chi connectivity index (χ3n) is 3.20. The molecule has 0 aromatic heterocycles. The number of amides is 3. The molecule has 1 heterocycles. The van der Waals surface area contributed by atoms with Crippen LogP contribution in [0.25, 0.3) is 0 Å². The van der Waals surface area contributed by atoms with Crippen LogP contribution in [0, 0.1) is 5.82 Å². The van der Waals surface area contributed by atoms with Crippen LogP contribution in [0.4, 0.5) is 4.39 Å². The third kappa shape index (κ3) is 4.10. The number of nitrogens with zero attached hydrogens (tertiary/aromatic N) is 1. The average molecular weight is 357 g/mol. The predicted molar refractivity (Wildman–Crippen MR) is 76.5 cm³/mol. The van der Waals surface area contributed by atoms with Crippen LogP contribution in [0.2, 0.25) is 0 Å². The van der Waals surface area contributed by atoms with Gasteiger partial charge in [0.15, 0.2) is 0 Å². The van der Waals surface area contributed by atoms with Gasteiger partial charge in [0.05, 0.1) is 0 Å². The lowest BCUT2D eigenvalue weighted by molar-refractivity contribution is -0.138. The highest BCUT2D eigenvalue weighted by molar-refractivity contribution is 9.10. The molecule has 2 rings (SSSR count). The number of imide groups is 1. The van der Waals surface area contributed by atoms with E-state index in [1.165, 1.54) is 12.1 Å². The Morgan fingerprint density at radius 2 is 1.95 bits per heavy atom. The van der Waals surface area contributed by atoms with Crippen molar-refractivity contribution in [2.24, 2.45) is 0 Å². The first-order valence-electron chi connectivity index (χ1n) is 6.51. The number of nitrogens with one attached hydrogen (secondary N) is 1. The van der Waals surface area contributed by atoms with E-state index in [4.69, 9.17) is 0 Å². The molecule has 0 saturated carbocycles. The standard InChI is InChI=1S/C14H14BrFN2O3/c15-11-2-1-10(16)7-9(11)8-17-12(19)5-6-18-13(20)3-4-14(18)21/h1-2,7H,3-6,8H2,(H,17,19). The van der Waals surface area contributed by atoms with Crippen LogP contribution in [0.1, 0.15) is 24.8 Å². The topological polar surface area (TPSA) is 66.5 Å². The van der Waals surface area contributed by atoms with E-state index in [-0.39, 0.29) is 55.9 Å². The maximum absolute atomic E-state index is 13.1. The van der Waals surface area contributed by atoms with Gasteiger partial charge >= 0.3 is 0 Å². The molecular weight excluding hydrogens is 343 g/mol. The molecule has 1 aromatic rings. The van der Waals surface area contributed by atoms with Crippen molar-refractivity contribution in [1.29, 1.82) is 0 Å². The zero-order valence-electron chi connectivity index (χ0n) is 11.2. The normalized spacial score (nSPS) is 14.7. The van der Waals surface area contributed by atoms with Crippen molar-refractivity contribution in [1.82, 2.24) is 10.2 Å². The Morgan fingerprint density at radius 1 is 1.29 bits per heavy atom. The summed E-state index contributed by atoms with van der Waals surface area (Å²) in [5, 5.41) is 2.64. The van der Waals surface area contributed by atoms with E-state index in [2.05, 4.69) is 21.2 Å². The first-order chi connectivity index (χ1) is 9.97. The summed E-state index contributed by atoms with van der Waals surface area (Å²) < 4.78 is 13.8. The Balaban J connectivity index is 1.81.